The van der Waals surface area contributed by atoms with Crippen molar-refractivity contribution >= 4 is 5.91 Å². The molecule has 0 saturated carbocycles. The largest absolute Gasteiger partial charge is 0.348 e. The van der Waals surface area contributed by atoms with E-state index in [1.54, 1.807) is 19.0 Å². The molecule has 0 aromatic heterocycles. The lowest BCUT2D eigenvalue weighted by Gasteiger charge is -2.34. The van der Waals surface area contributed by atoms with Crippen LogP contribution in [0.5, 0.6) is 0 Å². The van der Waals surface area contributed by atoms with E-state index in [-0.39, 0.29) is 5.91 Å². The maximum absolute atomic E-state index is 11.5. The van der Waals surface area contributed by atoms with E-state index in [9.17, 15) is 4.79 Å². The highest BCUT2D eigenvalue weighted by Gasteiger charge is 2.18. The number of amides is 1. The average molecular weight is 214 g/mol. The van der Waals surface area contributed by atoms with Gasteiger partial charge in [-0.25, -0.2) is 0 Å². The zero-order valence-electron chi connectivity index (χ0n) is 9.78. The number of nitrogens with zero attached hydrogens (tertiary/aromatic N) is 3. The van der Waals surface area contributed by atoms with Crippen molar-refractivity contribution < 1.29 is 4.79 Å². The molecular formula is C10H22N4O. The molecule has 1 saturated heterocycles. The lowest BCUT2D eigenvalue weighted by atomic mass is 10.3. The Morgan fingerprint density at radius 2 is 1.73 bits per heavy atom. The standard InChI is InChI=1S/C10H22N4O/c1-12(2)10(15)9-14-7-5-13(4-3-11)6-8-14/h3-9,11H2,1-2H3. The van der Waals surface area contributed by atoms with Gasteiger partial charge in [-0.2, -0.15) is 0 Å². The van der Waals surface area contributed by atoms with Crippen LogP contribution in [0.3, 0.4) is 0 Å². The van der Waals surface area contributed by atoms with Crippen LogP contribution in [0.2, 0.25) is 0 Å². The summed E-state index contributed by atoms with van der Waals surface area (Å²) in [6.07, 6.45) is 0. The van der Waals surface area contributed by atoms with Crippen LogP contribution in [-0.4, -0.2) is 80.5 Å². The van der Waals surface area contributed by atoms with Crippen molar-refractivity contribution in [1.29, 1.82) is 0 Å². The van der Waals surface area contributed by atoms with Gasteiger partial charge in [0.2, 0.25) is 5.91 Å². The molecule has 1 aliphatic heterocycles. The van der Waals surface area contributed by atoms with Gasteiger partial charge < -0.3 is 10.6 Å². The van der Waals surface area contributed by atoms with Gasteiger partial charge in [0, 0.05) is 53.4 Å². The second kappa shape index (κ2) is 6.05. The second-order valence-corrected chi connectivity index (χ2v) is 4.19. The van der Waals surface area contributed by atoms with Crippen molar-refractivity contribution in [2.24, 2.45) is 5.73 Å². The van der Waals surface area contributed by atoms with E-state index in [2.05, 4.69) is 9.80 Å². The average Bonchev–Trinajstić information content (AvgIpc) is 2.21. The van der Waals surface area contributed by atoms with Gasteiger partial charge in [-0.05, 0) is 0 Å². The smallest absolute Gasteiger partial charge is 0.236 e. The lowest BCUT2D eigenvalue weighted by molar-refractivity contribution is -0.130. The maximum atomic E-state index is 11.5. The molecule has 1 heterocycles. The highest BCUT2D eigenvalue weighted by Crippen LogP contribution is 2.00. The molecule has 0 aromatic rings. The van der Waals surface area contributed by atoms with Crippen LogP contribution in [0.25, 0.3) is 0 Å². The summed E-state index contributed by atoms with van der Waals surface area (Å²) in [5, 5.41) is 0. The summed E-state index contributed by atoms with van der Waals surface area (Å²) in [5.74, 6) is 0.183. The number of piperazine rings is 1. The van der Waals surface area contributed by atoms with Crippen molar-refractivity contribution in [2.45, 2.75) is 0 Å². The Hall–Kier alpha value is -0.650. The Labute approximate surface area is 91.8 Å². The van der Waals surface area contributed by atoms with Gasteiger partial charge in [-0.3, -0.25) is 14.6 Å². The Bertz CT molecular complexity index is 200. The quantitative estimate of drug-likeness (QED) is 0.629. The third-order valence-corrected chi connectivity index (χ3v) is 2.77. The van der Waals surface area contributed by atoms with E-state index >= 15 is 0 Å². The molecule has 5 nitrogen and oxygen atoms in total. The molecular weight excluding hydrogens is 192 g/mol. The van der Waals surface area contributed by atoms with Gasteiger partial charge in [0.15, 0.2) is 0 Å². The molecule has 1 amide bonds. The number of likely N-dealkylation sites (N-methyl/N-ethyl adjacent to an activating group) is 1. The van der Waals surface area contributed by atoms with E-state index in [1.807, 2.05) is 0 Å². The molecule has 0 spiro atoms. The van der Waals surface area contributed by atoms with Crippen molar-refractivity contribution in [3.05, 3.63) is 0 Å². The monoisotopic (exact) mass is 214 g/mol. The van der Waals surface area contributed by atoms with Crippen LogP contribution in [0, 0.1) is 0 Å². The van der Waals surface area contributed by atoms with Gasteiger partial charge in [0.25, 0.3) is 0 Å². The van der Waals surface area contributed by atoms with Crippen molar-refractivity contribution in [3.63, 3.8) is 0 Å². The van der Waals surface area contributed by atoms with Crippen LogP contribution in [0.15, 0.2) is 0 Å². The van der Waals surface area contributed by atoms with Gasteiger partial charge in [-0.1, -0.05) is 0 Å². The molecule has 5 heteroatoms. The Morgan fingerprint density at radius 1 is 1.20 bits per heavy atom. The molecule has 0 aromatic carbocycles. The summed E-state index contributed by atoms with van der Waals surface area (Å²) in [6.45, 7) is 6.23. The van der Waals surface area contributed by atoms with Crippen molar-refractivity contribution in [1.82, 2.24) is 14.7 Å². The summed E-state index contributed by atoms with van der Waals surface area (Å²) in [4.78, 5) is 17.7. The van der Waals surface area contributed by atoms with Gasteiger partial charge in [-0.15, -0.1) is 0 Å². The number of hydrogen-bond acceptors (Lipinski definition) is 4. The second-order valence-electron chi connectivity index (χ2n) is 4.19. The van der Waals surface area contributed by atoms with Crippen LogP contribution in [0.4, 0.5) is 0 Å². The first-order chi connectivity index (χ1) is 7.13. The zero-order chi connectivity index (χ0) is 11.3. The molecule has 1 rings (SSSR count). The van der Waals surface area contributed by atoms with Crippen LogP contribution < -0.4 is 5.73 Å². The van der Waals surface area contributed by atoms with Gasteiger partial charge in [0.05, 0.1) is 6.54 Å². The predicted molar refractivity (Wildman–Crippen MR) is 60.6 cm³/mol. The Kier molecular flexibility index (Phi) is 5.01. The Morgan fingerprint density at radius 3 is 2.20 bits per heavy atom. The third-order valence-electron chi connectivity index (χ3n) is 2.77. The number of carbonyl (C=O) groups is 1. The lowest BCUT2D eigenvalue weighted by Crippen LogP contribution is -2.50. The molecule has 0 unspecified atom stereocenters. The molecule has 88 valence electrons. The number of rotatable bonds is 4. The van der Waals surface area contributed by atoms with E-state index in [0.29, 0.717) is 6.54 Å². The summed E-state index contributed by atoms with van der Waals surface area (Å²) in [6, 6.07) is 0. The highest BCUT2D eigenvalue weighted by atomic mass is 16.2. The molecule has 2 N–H and O–H groups in total. The zero-order valence-corrected chi connectivity index (χ0v) is 9.78. The van der Waals surface area contributed by atoms with Gasteiger partial charge >= 0.3 is 0 Å². The summed E-state index contributed by atoms with van der Waals surface area (Å²) in [5.41, 5.74) is 5.50. The van der Waals surface area contributed by atoms with E-state index in [1.165, 1.54) is 0 Å². The molecule has 0 aliphatic carbocycles. The van der Waals surface area contributed by atoms with Crippen molar-refractivity contribution in [3.8, 4) is 0 Å². The first-order valence-corrected chi connectivity index (χ1v) is 5.48. The van der Waals surface area contributed by atoms with Crippen LogP contribution in [0.1, 0.15) is 0 Å². The summed E-state index contributed by atoms with van der Waals surface area (Å²) >= 11 is 0. The molecule has 0 bridgehead atoms. The highest BCUT2D eigenvalue weighted by molar-refractivity contribution is 5.77. The molecule has 15 heavy (non-hydrogen) atoms. The number of hydrogen-bond donors (Lipinski definition) is 1. The summed E-state index contributed by atoms with van der Waals surface area (Å²) in [7, 11) is 3.60. The first kappa shape index (κ1) is 12.4. The van der Waals surface area contributed by atoms with E-state index in [4.69, 9.17) is 5.73 Å². The van der Waals surface area contributed by atoms with E-state index < -0.39 is 0 Å². The molecule has 0 radical (unpaired) electrons. The topological polar surface area (TPSA) is 52.8 Å². The first-order valence-electron chi connectivity index (χ1n) is 5.48. The normalized spacial score (nSPS) is 19.1. The fourth-order valence-electron chi connectivity index (χ4n) is 1.69. The predicted octanol–water partition coefficient (Wildman–Crippen LogP) is -1.35. The van der Waals surface area contributed by atoms with E-state index in [0.717, 1.165) is 39.3 Å². The molecule has 0 atom stereocenters. The minimum absolute atomic E-state index is 0.183. The minimum atomic E-state index is 0.183. The molecule has 1 fully saturated rings. The van der Waals surface area contributed by atoms with Gasteiger partial charge in [0.1, 0.15) is 0 Å². The fourth-order valence-corrected chi connectivity index (χ4v) is 1.69. The fraction of sp³-hybridized carbons (Fsp3) is 0.900. The number of carbonyl (C=O) groups excluding carboxylic acids is 1. The maximum Gasteiger partial charge on any atom is 0.236 e. The molecule has 1 aliphatic rings. The SMILES string of the molecule is CN(C)C(=O)CN1CCN(CCN)CC1. The van der Waals surface area contributed by atoms with Crippen LogP contribution in [-0.2, 0) is 4.79 Å². The summed E-state index contributed by atoms with van der Waals surface area (Å²) < 4.78 is 0. The van der Waals surface area contributed by atoms with Crippen molar-refractivity contribution in [2.75, 3.05) is 59.9 Å². The Balaban J connectivity index is 2.22. The number of nitrogens with two attached hydrogens (primary N) is 1. The van der Waals surface area contributed by atoms with Crippen LogP contribution >= 0.6 is 0 Å². The third kappa shape index (κ3) is 4.15. The minimum Gasteiger partial charge on any atom is -0.348 e.